The average molecular weight is 186 g/mol. The van der Waals surface area contributed by atoms with E-state index >= 15 is 0 Å². The summed E-state index contributed by atoms with van der Waals surface area (Å²) >= 11 is 2.01. The Kier molecular flexibility index (Phi) is 5.50. The highest BCUT2D eigenvalue weighted by Crippen LogP contribution is 2.14. The van der Waals surface area contributed by atoms with E-state index in [1.807, 2.05) is 11.8 Å². The molecule has 0 spiro atoms. The highest BCUT2D eigenvalue weighted by atomic mass is 32.2. The number of rotatable bonds is 0. The smallest absolute Gasteiger partial charge is 0.132 e. The molecule has 0 amide bonds. The maximum atomic E-state index is 11.2. The summed E-state index contributed by atoms with van der Waals surface area (Å²) in [6.45, 7) is 0. The van der Waals surface area contributed by atoms with Gasteiger partial charge in [-0.2, -0.15) is 11.8 Å². The monoisotopic (exact) mass is 186 g/mol. The molecule has 1 rings (SSSR count). The molecule has 0 bridgehead atoms. The SMILES string of the molecule is O=C1CCCCCCSCCC1. The van der Waals surface area contributed by atoms with Crippen LogP contribution in [0.5, 0.6) is 0 Å². The fourth-order valence-corrected chi connectivity index (χ4v) is 2.44. The number of carbonyl (C=O) groups is 1. The Morgan fingerprint density at radius 1 is 0.833 bits per heavy atom. The quantitative estimate of drug-likeness (QED) is 0.578. The summed E-state index contributed by atoms with van der Waals surface area (Å²) in [6, 6.07) is 0. The van der Waals surface area contributed by atoms with Crippen LogP contribution in [-0.2, 0) is 4.79 Å². The van der Waals surface area contributed by atoms with Gasteiger partial charge in [-0.3, -0.25) is 4.79 Å². The first kappa shape index (κ1) is 10.1. The molecule has 1 aliphatic rings. The van der Waals surface area contributed by atoms with Crippen molar-refractivity contribution in [2.24, 2.45) is 0 Å². The van der Waals surface area contributed by atoms with Crippen molar-refractivity contribution in [3.63, 3.8) is 0 Å². The number of ketones is 1. The Hall–Kier alpha value is 0.0200. The summed E-state index contributed by atoms with van der Waals surface area (Å²) in [4.78, 5) is 11.2. The van der Waals surface area contributed by atoms with Crippen molar-refractivity contribution in [1.29, 1.82) is 0 Å². The third kappa shape index (κ3) is 4.81. The summed E-state index contributed by atoms with van der Waals surface area (Å²) in [6.07, 6.45) is 7.82. The average Bonchev–Trinajstić information content (AvgIpc) is 2.11. The van der Waals surface area contributed by atoms with Crippen LogP contribution in [0.4, 0.5) is 0 Å². The van der Waals surface area contributed by atoms with E-state index in [1.54, 1.807) is 0 Å². The van der Waals surface area contributed by atoms with E-state index in [-0.39, 0.29) is 0 Å². The molecule has 1 heterocycles. The van der Waals surface area contributed by atoms with Crippen LogP contribution >= 0.6 is 11.8 Å². The first-order valence-corrected chi connectivity index (χ1v) is 6.14. The minimum absolute atomic E-state index is 0.484. The number of carbonyl (C=O) groups excluding carboxylic acids is 1. The molecular formula is C10H18OS. The fourth-order valence-electron chi connectivity index (χ4n) is 1.48. The normalized spacial score (nSPS) is 23.2. The molecule has 0 aromatic rings. The van der Waals surface area contributed by atoms with Crippen molar-refractivity contribution >= 4 is 17.5 Å². The first-order chi connectivity index (χ1) is 5.89. The zero-order valence-corrected chi connectivity index (χ0v) is 8.50. The van der Waals surface area contributed by atoms with E-state index in [1.165, 1.54) is 30.8 Å². The summed E-state index contributed by atoms with van der Waals surface area (Å²) < 4.78 is 0. The van der Waals surface area contributed by atoms with Crippen molar-refractivity contribution in [3.8, 4) is 0 Å². The van der Waals surface area contributed by atoms with Crippen LogP contribution in [0.25, 0.3) is 0 Å². The second-order valence-electron chi connectivity index (χ2n) is 3.42. The molecule has 12 heavy (non-hydrogen) atoms. The number of hydrogen-bond acceptors (Lipinski definition) is 2. The minimum atomic E-state index is 0.484. The van der Waals surface area contributed by atoms with E-state index in [0.717, 1.165) is 25.7 Å². The largest absolute Gasteiger partial charge is 0.300 e. The highest BCUT2D eigenvalue weighted by molar-refractivity contribution is 7.99. The predicted molar refractivity (Wildman–Crippen MR) is 54.7 cm³/mol. The molecule has 0 atom stereocenters. The highest BCUT2D eigenvalue weighted by Gasteiger charge is 2.03. The van der Waals surface area contributed by atoms with E-state index in [0.29, 0.717) is 5.78 Å². The van der Waals surface area contributed by atoms with Crippen LogP contribution in [0.3, 0.4) is 0 Å². The summed E-state index contributed by atoms with van der Waals surface area (Å²) in [5.74, 6) is 2.97. The second kappa shape index (κ2) is 6.53. The fraction of sp³-hybridized carbons (Fsp3) is 0.900. The molecule has 1 nitrogen and oxygen atoms in total. The van der Waals surface area contributed by atoms with Crippen molar-refractivity contribution in [2.45, 2.75) is 44.9 Å². The van der Waals surface area contributed by atoms with Gasteiger partial charge < -0.3 is 0 Å². The zero-order valence-electron chi connectivity index (χ0n) is 7.68. The second-order valence-corrected chi connectivity index (χ2v) is 4.64. The van der Waals surface area contributed by atoms with Crippen LogP contribution in [0, 0.1) is 0 Å². The van der Waals surface area contributed by atoms with Crippen LogP contribution < -0.4 is 0 Å². The van der Waals surface area contributed by atoms with Gasteiger partial charge in [0.1, 0.15) is 5.78 Å². The standard InChI is InChI=1S/C10H18OS/c11-10-6-3-1-2-4-8-12-9-5-7-10/h1-9H2. The van der Waals surface area contributed by atoms with Gasteiger partial charge in [0, 0.05) is 12.8 Å². The molecule has 0 radical (unpaired) electrons. The van der Waals surface area contributed by atoms with Crippen LogP contribution in [0.2, 0.25) is 0 Å². The summed E-state index contributed by atoms with van der Waals surface area (Å²) in [5.41, 5.74) is 0. The van der Waals surface area contributed by atoms with Gasteiger partial charge in [0.25, 0.3) is 0 Å². The van der Waals surface area contributed by atoms with Gasteiger partial charge in [-0.25, -0.2) is 0 Å². The predicted octanol–water partition coefficient (Wildman–Crippen LogP) is 3.03. The number of hydrogen-bond donors (Lipinski definition) is 0. The molecule has 0 saturated carbocycles. The van der Waals surface area contributed by atoms with Crippen LogP contribution in [0.1, 0.15) is 44.9 Å². The lowest BCUT2D eigenvalue weighted by molar-refractivity contribution is -0.119. The Morgan fingerprint density at radius 3 is 2.42 bits per heavy atom. The number of thioether (sulfide) groups is 1. The van der Waals surface area contributed by atoms with Crippen molar-refractivity contribution in [2.75, 3.05) is 11.5 Å². The molecule has 0 unspecified atom stereocenters. The van der Waals surface area contributed by atoms with Crippen LogP contribution in [0.15, 0.2) is 0 Å². The first-order valence-electron chi connectivity index (χ1n) is 4.99. The van der Waals surface area contributed by atoms with E-state index in [9.17, 15) is 4.79 Å². The molecule has 1 fully saturated rings. The topological polar surface area (TPSA) is 17.1 Å². The maximum Gasteiger partial charge on any atom is 0.132 e. The van der Waals surface area contributed by atoms with Crippen molar-refractivity contribution in [1.82, 2.24) is 0 Å². The number of Topliss-reactive ketones (excluding diaryl/α,β-unsaturated/α-hetero) is 1. The lowest BCUT2D eigenvalue weighted by atomic mass is 10.1. The summed E-state index contributed by atoms with van der Waals surface area (Å²) in [7, 11) is 0. The molecule has 0 aliphatic carbocycles. The molecule has 0 aromatic heterocycles. The molecule has 1 saturated heterocycles. The Bertz CT molecular complexity index is 120. The molecule has 70 valence electrons. The van der Waals surface area contributed by atoms with Crippen molar-refractivity contribution < 1.29 is 4.79 Å². The van der Waals surface area contributed by atoms with Gasteiger partial charge in [-0.1, -0.05) is 12.8 Å². The third-order valence-corrected chi connectivity index (χ3v) is 3.39. The third-order valence-electron chi connectivity index (χ3n) is 2.24. The molecule has 1 aliphatic heterocycles. The van der Waals surface area contributed by atoms with Gasteiger partial charge in [0.2, 0.25) is 0 Å². The maximum absolute atomic E-state index is 11.2. The molecular weight excluding hydrogens is 168 g/mol. The van der Waals surface area contributed by atoms with Gasteiger partial charge in [-0.05, 0) is 30.8 Å². The van der Waals surface area contributed by atoms with Gasteiger partial charge in [0.15, 0.2) is 0 Å². The summed E-state index contributed by atoms with van der Waals surface area (Å²) in [5, 5.41) is 0. The Labute approximate surface area is 79.3 Å². The van der Waals surface area contributed by atoms with Crippen LogP contribution in [-0.4, -0.2) is 17.3 Å². The molecule has 2 heteroatoms. The van der Waals surface area contributed by atoms with Gasteiger partial charge in [0.05, 0.1) is 0 Å². The lowest BCUT2D eigenvalue weighted by Crippen LogP contribution is -1.97. The molecule has 0 aromatic carbocycles. The molecule has 0 N–H and O–H groups in total. The van der Waals surface area contributed by atoms with E-state index in [4.69, 9.17) is 0 Å². The van der Waals surface area contributed by atoms with Crippen molar-refractivity contribution in [3.05, 3.63) is 0 Å². The zero-order chi connectivity index (χ0) is 8.65. The van der Waals surface area contributed by atoms with Gasteiger partial charge >= 0.3 is 0 Å². The van der Waals surface area contributed by atoms with Gasteiger partial charge in [-0.15, -0.1) is 0 Å². The lowest BCUT2D eigenvalue weighted by Gasteiger charge is -1.97. The van der Waals surface area contributed by atoms with E-state index in [2.05, 4.69) is 0 Å². The van der Waals surface area contributed by atoms with E-state index < -0.39 is 0 Å². The Balaban J connectivity index is 2.17. The Morgan fingerprint density at radius 2 is 1.50 bits per heavy atom. The minimum Gasteiger partial charge on any atom is -0.300 e.